The number of sulfonamides is 2. The maximum absolute atomic E-state index is 12.8. The molecule has 0 saturated heterocycles. The average molecular weight is 499 g/mol. The predicted octanol–water partition coefficient (Wildman–Crippen LogP) is -1.31. The number of nitrogens with zero attached hydrogens (tertiary/aromatic N) is 3. The molecular formula is C13H17N5O12S2. The van der Waals surface area contributed by atoms with Crippen molar-refractivity contribution >= 4 is 31.7 Å². The molecule has 0 radical (unpaired) electrons. The van der Waals surface area contributed by atoms with E-state index < -0.39 is 71.8 Å². The lowest BCUT2D eigenvalue weighted by molar-refractivity contribution is -0.789. The number of nitrogens with two attached hydrogens (primary N) is 1. The quantitative estimate of drug-likeness (QED) is 0.216. The van der Waals surface area contributed by atoms with Gasteiger partial charge in [0.1, 0.15) is 17.6 Å². The summed E-state index contributed by atoms with van der Waals surface area (Å²) < 4.78 is 54.4. The van der Waals surface area contributed by atoms with Gasteiger partial charge in [-0.2, -0.15) is 0 Å². The number of fused-ring (bicyclic) bond motifs is 1. The second-order valence-electron chi connectivity index (χ2n) is 6.27. The highest BCUT2D eigenvalue weighted by Gasteiger charge is 2.34. The van der Waals surface area contributed by atoms with Crippen molar-refractivity contribution in [3.8, 4) is 0 Å². The molecule has 1 unspecified atom stereocenters. The number of carbonyl (C=O) groups excluding carboxylic acids is 1. The molecule has 2 rings (SSSR count). The number of hydrogen-bond acceptors (Lipinski definition) is 13. The first-order valence-electron chi connectivity index (χ1n) is 8.37. The maximum Gasteiger partial charge on any atom is 0.309 e. The number of esters is 1. The molecule has 3 N–H and O–H groups in total. The van der Waals surface area contributed by atoms with Crippen molar-refractivity contribution in [3.05, 3.63) is 37.9 Å². The van der Waals surface area contributed by atoms with Crippen LogP contribution in [0.25, 0.3) is 0 Å². The van der Waals surface area contributed by atoms with E-state index >= 15 is 0 Å². The summed E-state index contributed by atoms with van der Waals surface area (Å²) in [5.74, 6) is -1.18. The van der Waals surface area contributed by atoms with Crippen LogP contribution in [0.3, 0.4) is 0 Å². The van der Waals surface area contributed by atoms with E-state index in [1.54, 1.807) is 0 Å². The third-order valence-electron chi connectivity index (χ3n) is 4.01. The number of hydrogen-bond donors (Lipinski definition) is 2. The topological polar surface area (TPSA) is 241 Å². The lowest BCUT2D eigenvalue weighted by atomic mass is 10.2. The Morgan fingerprint density at radius 1 is 1.31 bits per heavy atom. The summed E-state index contributed by atoms with van der Waals surface area (Å²) >= 11 is 0. The standard InChI is InChI=1S/C13H17N5O12S2/c1-8-2-10-12(4-11(8)31(14,24)25)32(26,27)16(6-15-10)7-28-13(19)3-9(30-18(22)23)5-29-17(20)21/h2,4,9,15H,3,5-7H2,1H3,(H2,14,24,25). The number of rotatable bonds is 10. The zero-order valence-electron chi connectivity index (χ0n) is 16.2. The normalized spacial score (nSPS) is 16.2. The van der Waals surface area contributed by atoms with Crippen LogP contribution in [0.15, 0.2) is 21.9 Å². The molecule has 1 aliphatic rings. The number of benzene rings is 1. The van der Waals surface area contributed by atoms with Crippen molar-refractivity contribution in [2.45, 2.75) is 29.2 Å². The van der Waals surface area contributed by atoms with E-state index in [1.165, 1.54) is 13.0 Å². The van der Waals surface area contributed by atoms with Gasteiger partial charge in [0.25, 0.3) is 10.2 Å². The zero-order chi connectivity index (χ0) is 24.3. The number of primary sulfonamides is 1. The van der Waals surface area contributed by atoms with Gasteiger partial charge in [-0.15, -0.1) is 24.5 Å². The van der Waals surface area contributed by atoms with Crippen LogP contribution in [0.2, 0.25) is 0 Å². The molecule has 0 aromatic heterocycles. The van der Waals surface area contributed by atoms with Crippen LogP contribution >= 0.6 is 0 Å². The fraction of sp³-hybridized carbons (Fsp3) is 0.462. The van der Waals surface area contributed by atoms with Gasteiger partial charge in [0, 0.05) is 0 Å². The van der Waals surface area contributed by atoms with E-state index in [-0.39, 0.29) is 17.9 Å². The Morgan fingerprint density at radius 2 is 1.97 bits per heavy atom. The Hall–Kier alpha value is -3.29. The van der Waals surface area contributed by atoms with Crippen LogP contribution in [-0.4, -0.2) is 63.4 Å². The number of carbonyl (C=O) groups is 1. The van der Waals surface area contributed by atoms with Gasteiger partial charge in [0.15, 0.2) is 6.73 Å². The second kappa shape index (κ2) is 9.46. The molecule has 0 amide bonds. The number of anilines is 1. The largest absolute Gasteiger partial charge is 0.448 e. The van der Waals surface area contributed by atoms with Gasteiger partial charge in [0.05, 0.1) is 23.7 Å². The van der Waals surface area contributed by atoms with Crippen LogP contribution in [0.4, 0.5) is 5.69 Å². The monoisotopic (exact) mass is 499 g/mol. The molecular weight excluding hydrogens is 482 g/mol. The third kappa shape index (κ3) is 6.12. The first kappa shape index (κ1) is 25.0. The van der Waals surface area contributed by atoms with E-state index in [2.05, 4.69) is 15.0 Å². The SMILES string of the molecule is Cc1cc2c(cc1S(N)(=O)=O)S(=O)(=O)N(COC(=O)CC(CO[N+](=O)[O-])O[N+](=O)[O-])CN2. The lowest BCUT2D eigenvalue weighted by Gasteiger charge is -2.29. The van der Waals surface area contributed by atoms with Gasteiger partial charge in [-0.25, -0.2) is 22.0 Å². The highest BCUT2D eigenvalue weighted by atomic mass is 32.2. The summed E-state index contributed by atoms with van der Waals surface area (Å²) in [6.07, 6.45) is -2.54. The molecule has 1 aromatic carbocycles. The van der Waals surface area contributed by atoms with Crippen molar-refractivity contribution in [1.29, 1.82) is 0 Å². The molecule has 178 valence electrons. The second-order valence-corrected chi connectivity index (χ2v) is 9.71. The summed E-state index contributed by atoms with van der Waals surface area (Å²) in [6, 6.07) is 2.15. The minimum Gasteiger partial charge on any atom is -0.448 e. The molecule has 1 atom stereocenters. The van der Waals surface area contributed by atoms with Crippen LogP contribution in [-0.2, 0) is 39.3 Å². The van der Waals surface area contributed by atoms with Gasteiger partial charge in [-0.1, -0.05) is 0 Å². The molecule has 1 heterocycles. The molecule has 0 saturated carbocycles. The number of aryl methyl sites for hydroxylation is 1. The first-order chi connectivity index (χ1) is 14.7. The van der Waals surface area contributed by atoms with Crippen LogP contribution in [0, 0.1) is 27.2 Å². The van der Waals surface area contributed by atoms with Crippen molar-refractivity contribution < 1.29 is 46.2 Å². The van der Waals surface area contributed by atoms with Gasteiger partial charge in [0.2, 0.25) is 20.0 Å². The summed E-state index contributed by atoms with van der Waals surface area (Å²) in [5.41, 5.74) is 0.316. The smallest absolute Gasteiger partial charge is 0.309 e. The minimum absolute atomic E-state index is 0.105. The van der Waals surface area contributed by atoms with Crippen molar-refractivity contribution in [1.82, 2.24) is 4.31 Å². The molecule has 17 nitrogen and oxygen atoms in total. The van der Waals surface area contributed by atoms with Crippen molar-refractivity contribution in [2.75, 3.05) is 25.3 Å². The van der Waals surface area contributed by atoms with Crippen LogP contribution in [0.1, 0.15) is 12.0 Å². The van der Waals surface area contributed by atoms with E-state index in [4.69, 9.17) is 9.88 Å². The highest BCUT2D eigenvalue weighted by Crippen LogP contribution is 2.32. The summed E-state index contributed by atoms with van der Waals surface area (Å²) in [7, 11) is -8.55. The molecule has 0 spiro atoms. The fourth-order valence-electron chi connectivity index (χ4n) is 2.62. The van der Waals surface area contributed by atoms with Gasteiger partial charge >= 0.3 is 5.97 Å². The Balaban J connectivity index is 2.12. The van der Waals surface area contributed by atoms with Gasteiger partial charge in [-0.3, -0.25) is 4.79 Å². The lowest BCUT2D eigenvalue weighted by Crippen LogP contribution is -2.42. The van der Waals surface area contributed by atoms with Crippen LogP contribution in [0.5, 0.6) is 0 Å². The zero-order valence-corrected chi connectivity index (χ0v) is 17.8. The van der Waals surface area contributed by atoms with Crippen LogP contribution < -0.4 is 10.5 Å². The van der Waals surface area contributed by atoms with Gasteiger partial charge < -0.3 is 19.7 Å². The van der Waals surface area contributed by atoms with E-state index in [0.29, 0.717) is 4.31 Å². The third-order valence-corrected chi connectivity index (χ3v) is 6.87. The Bertz CT molecular complexity index is 1140. The average Bonchev–Trinajstić information content (AvgIpc) is 2.63. The number of nitrogens with one attached hydrogen (secondary N) is 1. The maximum atomic E-state index is 12.8. The molecule has 19 heteroatoms. The van der Waals surface area contributed by atoms with E-state index in [0.717, 1.165) is 6.07 Å². The first-order valence-corrected chi connectivity index (χ1v) is 11.4. The predicted molar refractivity (Wildman–Crippen MR) is 100 cm³/mol. The summed E-state index contributed by atoms with van der Waals surface area (Å²) in [5, 5.41) is 25.9. The van der Waals surface area contributed by atoms with Gasteiger partial charge in [-0.05, 0) is 24.6 Å². The highest BCUT2D eigenvalue weighted by molar-refractivity contribution is 7.90. The molecule has 32 heavy (non-hydrogen) atoms. The summed E-state index contributed by atoms with van der Waals surface area (Å²) in [4.78, 5) is 39.7. The Kier molecular flexibility index (Phi) is 7.38. The summed E-state index contributed by atoms with van der Waals surface area (Å²) in [6.45, 7) is -0.728. The van der Waals surface area contributed by atoms with Crippen molar-refractivity contribution in [2.24, 2.45) is 5.14 Å². The molecule has 1 aromatic rings. The fourth-order valence-corrected chi connectivity index (χ4v) is 4.87. The molecule has 0 fully saturated rings. The van der Waals surface area contributed by atoms with E-state index in [1.807, 2.05) is 0 Å². The minimum atomic E-state index is -4.33. The molecule has 0 bridgehead atoms. The van der Waals surface area contributed by atoms with E-state index in [9.17, 15) is 41.9 Å². The van der Waals surface area contributed by atoms with Crippen molar-refractivity contribution in [3.63, 3.8) is 0 Å². The number of ether oxygens (including phenoxy) is 1. The molecule has 0 aliphatic carbocycles. The Morgan fingerprint density at radius 3 is 2.53 bits per heavy atom. The molecule has 1 aliphatic heterocycles. The Labute approximate surface area is 180 Å².